The van der Waals surface area contributed by atoms with Crippen LogP contribution in [0, 0.1) is 13.8 Å². The monoisotopic (exact) mass is 396 g/mol. The van der Waals surface area contributed by atoms with Gasteiger partial charge in [-0.3, -0.25) is 9.59 Å². The van der Waals surface area contributed by atoms with Crippen molar-refractivity contribution in [3.8, 4) is 5.75 Å². The number of nitrogens with zero attached hydrogens (tertiary/aromatic N) is 1. The number of aryl methyl sites for hydroxylation is 2. The van der Waals surface area contributed by atoms with Gasteiger partial charge in [-0.15, -0.1) is 0 Å². The topological polar surface area (TPSA) is 63.1 Å². The van der Waals surface area contributed by atoms with E-state index >= 15 is 0 Å². The number of ether oxygens (including phenoxy) is 1. The molecule has 1 aliphatic rings. The number of hydrogen-bond acceptors (Lipinski definition) is 3. The molecular formula is C23H30N3O3+. The Morgan fingerprint density at radius 2 is 1.66 bits per heavy atom. The molecule has 0 unspecified atom stereocenters. The van der Waals surface area contributed by atoms with Gasteiger partial charge >= 0.3 is 0 Å². The first-order valence-electron chi connectivity index (χ1n) is 10.2. The fourth-order valence-electron chi connectivity index (χ4n) is 3.67. The second-order valence-corrected chi connectivity index (χ2v) is 7.49. The van der Waals surface area contributed by atoms with E-state index in [4.69, 9.17) is 4.74 Å². The van der Waals surface area contributed by atoms with Crippen molar-refractivity contribution in [3.63, 3.8) is 0 Å². The summed E-state index contributed by atoms with van der Waals surface area (Å²) in [5.41, 5.74) is 3.71. The number of benzene rings is 2. The van der Waals surface area contributed by atoms with Gasteiger partial charge in [-0.25, -0.2) is 0 Å². The molecule has 6 nitrogen and oxygen atoms in total. The Hall–Kier alpha value is -2.86. The van der Waals surface area contributed by atoms with Crippen LogP contribution in [0.2, 0.25) is 0 Å². The number of hydrogen-bond donors (Lipinski definition) is 2. The Labute approximate surface area is 172 Å². The van der Waals surface area contributed by atoms with Crippen LogP contribution in [-0.2, 0) is 4.79 Å². The van der Waals surface area contributed by atoms with Crippen molar-refractivity contribution >= 4 is 17.5 Å². The molecule has 0 saturated carbocycles. The molecule has 0 bridgehead atoms. The van der Waals surface area contributed by atoms with Crippen molar-refractivity contribution in [1.29, 1.82) is 0 Å². The third-order valence-corrected chi connectivity index (χ3v) is 5.33. The molecule has 0 atom stereocenters. The highest BCUT2D eigenvalue weighted by Gasteiger charge is 2.26. The van der Waals surface area contributed by atoms with Gasteiger partial charge in [0.15, 0.2) is 6.54 Å². The van der Waals surface area contributed by atoms with E-state index < -0.39 is 0 Å². The maximum Gasteiger partial charge on any atom is 0.279 e. The van der Waals surface area contributed by atoms with Crippen LogP contribution in [0.5, 0.6) is 5.75 Å². The normalized spacial score (nSPS) is 14.5. The van der Waals surface area contributed by atoms with Crippen LogP contribution < -0.4 is 15.0 Å². The summed E-state index contributed by atoms with van der Waals surface area (Å²) in [6, 6.07) is 13.3. The van der Waals surface area contributed by atoms with E-state index in [1.165, 1.54) is 4.90 Å². The molecule has 1 saturated heterocycles. The number of anilines is 1. The Bertz CT molecular complexity index is 836. The van der Waals surface area contributed by atoms with Gasteiger partial charge in [0.2, 0.25) is 0 Å². The van der Waals surface area contributed by atoms with Gasteiger partial charge in [-0.2, -0.15) is 0 Å². The minimum atomic E-state index is 0.0173. The molecule has 0 aliphatic carbocycles. The average molecular weight is 397 g/mol. The van der Waals surface area contributed by atoms with Crippen LogP contribution in [0.4, 0.5) is 5.69 Å². The maximum absolute atomic E-state index is 12.7. The molecule has 0 radical (unpaired) electrons. The minimum Gasteiger partial charge on any atom is -0.494 e. The lowest BCUT2D eigenvalue weighted by atomic mass is 10.1. The molecule has 2 aromatic carbocycles. The first-order valence-corrected chi connectivity index (χ1v) is 10.2. The maximum atomic E-state index is 12.7. The molecule has 6 heteroatoms. The Morgan fingerprint density at radius 3 is 2.24 bits per heavy atom. The van der Waals surface area contributed by atoms with Crippen LogP contribution in [0.3, 0.4) is 0 Å². The zero-order chi connectivity index (χ0) is 20.8. The fourth-order valence-corrected chi connectivity index (χ4v) is 3.67. The van der Waals surface area contributed by atoms with Gasteiger partial charge in [0.05, 0.1) is 32.8 Å². The van der Waals surface area contributed by atoms with Gasteiger partial charge in [0, 0.05) is 11.3 Å². The molecular weight excluding hydrogens is 366 g/mol. The summed E-state index contributed by atoms with van der Waals surface area (Å²) in [7, 11) is 0. The zero-order valence-corrected chi connectivity index (χ0v) is 17.5. The van der Waals surface area contributed by atoms with Gasteiger partial charge in [-0.05, 0) is 56.2 Å². The first kappa shape index (κ1) is 20.9. The van der Waals surface area contributed by atoms with Gasteiger partial charge in [-0.1, -0.05) is 18.2 Å². The van der Waals surface area contributed by atoms with E-state index in [0.29, 0.717) is 31.8 Å². The van der Waals surface area contributed by atoms with Crippen LogP contribution in [0.25, 0.3) is 0 Å². The van der Waals surface area contributed by atoms with E-state index in [9.17, 15) is 9.59 Å². The lowest BCUT2D eigenvalue weighted by Crippen LogP contribution is -3.15. The molecule has 1 aliphatic heterocycles. The number of piperazine rings is 1. The van der Waals surface area contributed by atoms with Crippen molar-refractivity contribution in [3.05, 3.63) is 59.2 Å². The van der Waals surface area contributed by atoms with E-state index in [-0.39, 0.29) is 11.8 Å². The number of quaternary nitrogens is 1. The minimum absolute atomic E-state index is 0.0173. The van der Waals surface area contributed by atoms with Crippen LogP contribution in [0.15, 0.2) is 42.5 Å². The first-order chi connectivity index (χ1) is 14.0. The second-order valence-electron chi connectivity index (χ2n) is 7.49. The fraction of sp³-hybridized carbons (Fsp3) is 0.391. The molecule has 2 amide bonds. The lowest BCUT2D eigenvalue weighted by molar-refractivity contribution is -0.895. The summed E-state index contributed by atoms with van der Waals surface area (Å²) in [5, 5.41) is 3.05. The number of para-hydroxylation sites is 1. The molecule has 29 heavy (non-hydrogen) atoms. The highest BCUT2D eigenvalue weighted by atomic mass is 16.5. The van der Waals surface area contributed by atoms with E-state index in [0.717, 1.165) is 35.7 Å². The number of amides is 2. The second kappa shape index (κ2) is 9.56. The standard InChI is InChI=1S/C23H29N3O3/c1-4-29-20-10-8-19(9-11-20)23(28)26-14-12-25(13-15-26)16-21(27)24-22-17(2)6-5-7-18(22)3/h5-11H,4,12-16H2,1-3H3,(H,24,27)/p+1. The van der Waals surface area contributed by atoms with E-state index in [1.54, 1.807) is 0 Å². The van der Waals surface area contributed by atoms with Crippen molar-refractivity contribution in [2.24, 2.45) is 0 Å². The van der Waals surface area contributed by atoms with Crippen molar-refractivity contribution in [2.45, 2.75) is 20.8 Å². The predicted octanol–water partition coefficient (Wildman–Crippen LogP) is 1.68. The van der Waals surface area contributed by atoms with Gasteiger partial charge < -0.3 is 19.9 Å². The zero-order valence-electron chi connectivity index (χ0n) is 17.5. The predicted molar refractivity (Wildman–Crippen MR) is 114 cm³/mol. The van der Waals surface area contributed by atoms with Crippen molar-refractivity contribution in [2.75, 3.05) is 44.6 Å². The lowest BCUT2D eigenvalue weighted by Gasteiger charge is -2.32. The summed E-state index contributed by atoms with van der Waals surface area (Å²) in [4.78, 5) is 28.3. The number of carbonyl (C=O) groups excluding carboxylic acids is 2. The quantitative estimate of drug-likeness (QED) is 0.781. The number of rotatable bonds is 6. The summed E-state index contributed by atoms with van der Waals surface area (Å²) in [6.45, 7) is 9.79. The molecule has 3 rings (SSSR count). The molecule has 1 heterocycles. The SMILES string of the molecule is CCOc1ccc(C(=O)N2CC[NH+](CC(=O)Nc3c(C)cccc3C)CC2)cc1. The average Bonchev–Trinajstić information content (AvgIpc) is 2.72. The van der Waals surface area contributed by atoms with Crippen LogP contribution in [0.1, 0.15) is 28.4 Å². The highest BCUT2D eigenvalue weighted by Crippen LogP contribution is 2.19. The molecule has 0 aromatic heterocycles. The Morgan fingerprint density at radius 1 is 1.03 bits per heavy atom. The smallest absolute Gasteiger partial charge is 0.279 e. The number of carbonyl (C=O) groups is 2. The third-order valence-electron chi connectivity index (χ3n) is 5.33. The largest absolute Gasteiger partial charge is 0.494 e. The van der Waals surface area contributed by atoms with Gasteiger partial charge in [0.1, 0.15) is 5.75 Å². The summed E-state index contributed by atoms with van der Waals surface area (Å²) < 4.78 is 5.43. The molecule has 2 N–H and O–H groups in total. The molecule has 154 valence electrons. The summed E-state index contributed by atoms with van der Waals surface area (Å²) >= 11 is 0. The van der Waals surface area contributed by atoms with E-state index in [2.05, 4.69) is 5.32 Å². The van der Waals surface area contributed by atoms with Crippen LogP contribution in [-0.4, -0.2) is 56.0 Å². The summed E-state index contributed by atoms with van der Waals surface area (Å²) in [6.07, 6.45) is 0. The summed E-state index contributed by atoms with van der Waals surface area (Å²) in [5.74, 6) is 0.823. The molecule has 1 fully saturated rings. The van der Waals surface area contributed by atoms with Crippen molar-refractivity contribution in [1.82, 2.24) is 4.90 Å². The van der Waals surface area contributed by atoms with Gasteiger partial charge in [0.25, 0.3) is 11.8 Å². The number of nitrogens with one attached hydrogen (secondary N) is 2. The Kier molecular flexibility index (Phi) is 6.88. The van der Waals surface area contributed by atoms with Crippen LogP contribution >= 0.6 is 0 Å². The molecule has 2 aromatic rings. The molecule has 0 spiro atoms. The van der Waals surface area contributed by atoms with Crippen molar-refractivity contribution < 1.29 is 19.2 Å². The van der Waals surface area contributed by atoms with E-state index in [1.807, 2.05) is 68.1 Å². The third kappa shape index (κ3) is 5.35. The highest BCUT2D eigenvalue weighted by molar-refractivity contribution is 5.94. The Balaban J connectivity index is 1.49.